The van der Waals surface area contributed by atoms with Crippen LogP contribution in [0.15, 0.2) is 12.4 Å². The molecule has 1 aromatic heterocycles. The molecule has 0 saturated heterocycles. The van der Waals surface area contributed by atoms with Crippen molar-refractivity contribution in [2.45, 2.75) is 25.6 Å². The molecule has 9 heteroatoms. The van der Waals surface area contributed by atoms with Crippen LogP contribution < -0.4 is 0 Å². The minimum Gasteiger partial charge on any atom is -0.466 e. The van der Waals surface area contributed by atoms with Gasteiger partial charge in [-0.15, -0.1) is 0 Å². The normalized spacial score (nSPS) is 13.6. The number of nitro groups is 1. The Labute approximate surface area is 119 Å². The molecule has 0 aliphatic heterocycles. The first-order valence-corrected chi connectivity index (χ1v) is 6.05. The predicted molar refractivity (Wildman–Crippen MR) is 68.1 cm³/mol. The Morgan fingerprint density at radius 3 is 2.75 bits per heavy atom. The topological polar surface area (TPSA) is 123 Å². The van der Waals surface area contributed by atoms with Gasteiger partial charge in [0.1, 0.15) is 17.3 Å². The Balaban J connectivity index is 2.91. The van der Waals surface area contributed by atoms with Gasteiger partial charge in [0.05, 0.1) is 24.1 Å². The van der Waals surface area contributed by atoms with E-state index in [0.717, 1.165) is 12.4 Å². The highest BCUT2D eigenvalue weighted by Gasteiger charge is 2.27. The van der Waals surface area contributed by atoms with E-state index < -0.39 is 35.2 Å². The molecule has 0 saturated carbocycles. The van der Waals surface area contributed by atoms with E-state index in [1.165, 1.54) is 0 Å². The van der Waals surface area contributed by atoms with E-state index in [9.17, 15) is 25.1 Å². The SMILES string of the molecule is CCOC(=O)CC(O)C(O)c1cncc([N+](=O)[O-])c1Cl. The summed E-state index contributed by atoms with van der Waals surface area (Å²) in [5.74, 6) is -0.700. The predicted octanol–water partition coefficient (Wildman–Crippen LogP) is 0.991. The van der Waals surface area contributed by atoms with E-state index in [0.29, 0.717) is 0 Å². The third-order valence-corrected chi connectivity index (χ3v) is 2.86. The van der Waals surface area contributed by atoms with Gasteiger partial charge in [-0.05, 0) is 6.92 Å². The minimum atomic E-state index is -1.58. The van der Waals surface area contributed by atoms with Crippen molar-refractivity contribution in [3.63, 3.8) is 0 Å². The van der Waals surface area contributed by atoms with Crippen LogP contribution in [0.2, 0.25) is 5.02 Å². The Hall–Kier alpha value is -1.77. The second kappa shape index (κ2) is 7.13. The Bertz CT molecular complexity index is 510. The molecule has 8 nitrogen and oxygen atoms in total. The number of nitrogens with zero attached hydrogens (tertiary/aromatic N) is 2. The number of esters is 1. The third kappa shape index (κ3) is 3.86. The second-order valence-corrected chi connectivity index (χ2v) is 4.22. The quantitative estimate of drug-likeness (QED) is 0.456. The molecule has 1 rings (SSSR count). The van der Waals surface area contributed by atoms with Crippen molar-refractivity contribution in [2.24, 2.45) is 0 Å². The van der Waals surface area contributed by atoms with Crippen LogP contribution in [0.4, 0.5) is 5.69 Å². The minimum absolute atomic E-state index is 0.127. The molecule has 0 radical (unpaired) electrons. The van der Waals surface area contributed by atoms with Gasteiger partial charge in [-0.2, -0.15) is 0 Å². The van der Waals surface area contributed by atoms with Gasteiger partial charge in [0.25, 0.3) is 0 Å². The van der Waals surface area contributed by atoms with E-state index in [2.05, 4.69) is 9.72 Å². The fourth-order valence-electron chi connectivity index (χ4n) is 1.49. The first kappa shape index (κ1) is 16.3. The van der Waals surface area contributed by atoms with Gasteiger partial charge in [-0.1, -0.05) is 11.6 Å². The smallest absolute Gasteiger partial charge is 0.308 e. The highest BCUT2D eigenvalue weighted by Crippen LogP contribution is 2.32. The molecule has 0 bridgehead atoms. The van der Waals surface area contributed by atoms with Gasteiger partial charge in [0, 0.05) is 11.8 Å². The number of halogens is 1. The van der Waals surface area contributed by atoms with E-state index in [1.54, 1.807) is 6.92 Å². The van der Waals surface area contributed by atoms with E-state index in [1.807, 2.05) is 0 Å². The van der Waals surface area contributed by atoms with Gasteiger partial charge in [-0.3, -0.25) is 19.9 Å². The molecule has 20 heavy (non-hydrogen) atoms. The number of rotatable bonds is 6. The lowest BCUT2D eigenvalue weighted by Gasteiger charge is -2.17. The summed E-state index contributed by atoms with van der Waals surface area (Å²) in [5.41, 5.74) is -0.621. The van der Waals surface area contributed by atoms with Crippen LogP contribution in [-0.4, -0.2) is 38.8 Å². The van der Waals surface area contributed by atoms with Crippen LogP contribution in [0.5, 0.6) is 0 Å². The zero-order valence-electron chi connectivity index (χ0n) is 10.5. The summed E-state index contributed by atoms with van der Waals surface area (Å²) in [6.45, 7) is 1.74. The molecule has 0 aliphatic rings. The van der Waals surface area contributed by atoms with E-state index in [-0.39, 0.29) is 17.2 Å². The summed E-state index contributed by atoms with van der Waals surface area (Å²) >= 11 is 5.77. The van der Waals surface area contributed by atoms with Crippen molar-refractivity contribution >= 4 is 23.3 Å². The molecule has 1 heterocycles. The number of aromatic nitrogens is 1. The van der Waals surface area contributed by atoms with Crippen molar-refractivity contribution in [2.75, 3.05) is 6.61 Å². The lowest BCUT2D eigenvalue weighted by molar-refractivity contribution is -0.385. The Morgan fingerprint density at radius 2 is 2.20 bits per heavy atom. The van der Waals surface area contributed by atoms with Gasteiger partial charge in [0.15, 0.2) is 0 Å². The molecule has 2 N–H and O–H groups in total. The van der Waals surface area contributed by atoms with Gasteiger partial charge >= 0.3 is 11.7 Å². The summed E-state index contributed by atoms with van der Waals surface area (Å²) in [4.78, 5) is 24.7. The molecule has 0 fully saturated rings. The van der Waals surface area contributed by atoms with Gasteiger partial charge in [-0.25, -0.2) is 0 Å². The van der Waals surface area contributed by atoms with Gasteiger partial charge < -0.3 is 14.9 Å². The van der Waals surface area contributed by atoms with Crippen molar-refractivity contribution in [1.29, 1.82) is 0 Å². The Morgan fingerprint density at radius 1 is 1.55 bits per heavy atom. The number of ether oxygens (including phenoxy) is 1. The zero-order chi connectivity index (χ0) is 15.3. The van der Waals surface area contributed by atoms with Crippen LogP contribution in [-0.2, 0) is 9.53 Å². The standard InChI is InChI=1S/C11H13ClN2O6/c1-2-20-9(16)3-8(15)11(17)6-4-13-5-7(10(6)12)14(18)19/h4-5,8,11,15,17H,2-3H2,1H3. The molecule has 0 aliphatic carbocycles. The molecular formula is C11H13ClN2O6. The molecule has 110 valence electrons. The number of aliphatic hydroxyl groups excluding tert-OH is 2. The number of pyridine rings is 1. The average molecular weight is 305 g/mol. The molecular weight excluding hydrogens is 292 g/mol. The fourth-order valence-corrected chi connectivity index (χ4v) is 1.77. The first-order chi connectivity index (χ1) is 9.38. The van der Waals surface area contributed by atoms with Crippen LogP contribution >= 0.6 is 11.6 Å². The van der Waals surface area contributed by atoms with Crippen LogP contribution in [0.1, 0.15) is 25.0 Å². The maximum atomic E-state index is 11.2. The van der Waals surface area contributed by atoms with Gasteiger partial charge in [0.2, 0.25) is 0 Å². The lowest BCUT2D eigenvalue weighted by Crippen LogP contribution is -2.23. The number of carbonyl (C=O) groups excluding carboxylic acids is 1. The Kier molecular flexibility index (Phi) is 5.81. The monoisotopic (exact) mass is 304 g/mol. The van der Waals surface area contributed by atoms with Crippen molar-refractivity contribution in [3.8, 4) is 0 Å². The summed E-state index contributed by atoms with van der Waals surface area (Å²) < 4.78 is 4.62. The van der Waals surface area contributed by atoms with Crippen LogP contribution in [0.3, 0.4) is 0 Å². The summed E-state index contributed by atoms with van der Waals surface area (Å²) in [5, 5.41) is 30.0. The molecule has 0 spiro atoms. The highest BCUT2D eigenvalue weighted by molar-refractivity contribution is 6.33. The molecule has 0 amide bonds. The lowest BCUT2D eigenvalue weighted by atomic mass is 10.0. The largest absolute Gasteiger partial charge is 0.466 e. The van der Waals surface area contributed by atoms with Crippen molar-refractivity contribution in [1.82, 2.24) is 4.98 Å². The average Bonchev–Trinajstić information content (AvgIpc) is 2.38. The highest BCUT2D eigenvalue weighted by atomic mass is 35.5. The molecule has 1 aromatic rings. The number of hydrogen-bond acceptors (Lipinski definition) is 7. The first-order valence-electron chi connectivity index (χ1n) is 5.68. The maximum absolute atomic E-state index is 11.2. The second-order valence-electron chi connectivity index (χ2n) is 3.84. The van der Waals surface area contributed by atoms with E-state index >= 15 is 0 Å². The van der Waals surface area contributed by atoms with Crippen LogP contribution in [0, 0.1) is 10.1 Å². The van der Waals surface area contributed by atoms with Crippen LogP contribution in [0.25, 0.3) is 0 Å². The number of aliphatic hydroxyl groups is 2. The molecule has 0 aromatic carbocycles. The number of carbonyl (C=O) groups is 1. The third-order valence-electron chi connectivity index (χ3n) is 2.45. The zero-order valence-corrected chi connectivity index (χ0v) is 11.3. The van der Waals surface area contributed by atoms with E-state index in [4.69, 9.17) is 11.6 Å². The van der Waals surface area contributed by atoms with Crippen molar-refractivity contribution in [3.05, 3.63) is 33.1 Å². The van der Waals surface area contributed by atoms with Crippen molar-refractivity contribution < 1.29 is 24.7 Å². The molecule has 2 unspecified atom stereocenters. The molecule has 2 atom stereocenters. The summed E-state index contributed by atoms with van der Waals surface area (Å²) in [7, 11) is 0. The fraction of sp³-hybridized carbons (Fsp3) is 0.455. The summed E-state index contributed by atoms with van der Waals surface area (Å²) in [6.07, 6.45) is -1.53. The maximum Gasteiger partial charge on any atom is 0.308 e. The number of hydrogen-bond donors (Lipinski definition) is 2. The summed E-state index contributed by atoms with van der Waals surface area (Å²) in [6, 6.07) is 0.